The second-order valence-corrected chi connectivity index (χ2v) is 4.70. The number of hydrogen-bond acceptors (Lipinski definition) is 2. The van der Waals surface area contributed by atoms with Crippen LogP contribution < -0.4 is 5.73 Å². The summed E-state index contributed by atoms with van der Waals surface area (Å²) in [5, 5.41) is 0. The van der Waals surface area contributed by atoms with Gasteiger partial charge in [0, 0.05) is 20.3 Å². The van der Waals surface area contributed by atoms with Gasteiger partial charge in [-0.25, -0.2) is 0 Å². The van der Waals surface area contributed by atoms with Gasteiger partial charge >= 0.3 is 6.18 Å². The zero-order valence-corrected chi connectivity index (χ0v) is 11.5. The largest absolute Gasteiger partial charge is 0.418 e. The standard InChI is InChI=1S/C14H14F3N3O/c1-19(2)13(21)11-7-4-8-20(11)12-9(14(15,16)17)5-3-6-10(12)18/h3-8H,18H2,1-2H3. The van der Waals surface area contributed by atoms with Crippen molar-refractivity contribution < 1.29 is 18.0 Å². The minimum atomic E-state index is -4.56. The molecule has 0 bridgehead atoms. The first-order valence-corrected chi connectivity index (χ1v) is 6.08. The number of amides is 1. The highest BCUT2D eigenvalue weighted by Gasteiger charge is 2.35. The second kappa shape index (κ2) is 5.16. The first-order chi connectivity index (χ1) is 9.73. The lowest BCUT2D eigenvalue weighted by Crippen LogP contribution is -2.25. The van der Waals surface area contributed by atoms with Gasteiger partial charge in [-0.3, -0.25) is 4.79 Å². The van der Waals surface area contributed by atoms with E-state index in [0.29, 0.717) is 0 Å². The number of carbonyl (C=O) groups is 1. The summed E-state index contributed by atoms with van der Waals surface area (Å²) < 4.78 is 40.6. The Kier molecular flexibility index (Phi) is 3.67. The molecule has 0 fully saturated rings. The van der Waals surface area contributed by atoms with E-state index in [4.69, 9.17) is 5.73 Å². The van der Waals surface area contributed by atoms with E-state index < -0.39 is 17.6 Å². The highest BCUT2D eigenvalue weighted by atomic mass is 19.4. The summed E-state index contributed by atoms with van der Waals surface area (Å²) in [6.45, 7) is 0. The molecule has 1 aromatic heterocycles. The van der Waals surface area contributed by atoms with Gasteiger partial charge < -0.3 is 15.2 Å². The van der Waals surface area contributed by atoms with Crippen LogP contribution in [0.5, 0.6) is 0 Å². The Morgan fingerprint density at radius 3 is 2.43 bits per heavy atom. The number of carbonyl (C=O) groups excluding carboxylic acids is 1. The zero-order chi connectivity index (χ0) is 15.8. The SMILES string of the molecule is CN(C)C(=O)c1cccn1-c1c(N)cccc1C(F)(F)F. The van der Waals surface area contributed by atoms with E-state index in [1.165, 1.54) is 54.0 Å². The van der Waals surface area contributed by atoms with Gasteiger partial charge in [-0.15, -0.1) is 0 Å². The maximum absolute atomic E-state index is 13.1. The van der Waals surface area contributed by atoms with Gasteiger partial charge in [0.05, 0.1) is 16.9 Å². The van der Waals surface area contributed by atoms with Crippen molar-refractivity contribution in [2.45, 2.75) is 6.18 Å². The number of nitrogen functional groups attached to an aromatic ring is 1. The molecule has 1 amide bonds. The maximum atomic E-state index is 13.1. The van der Waals surface area contributed by atoms with Gasteiger partial charge in [-0.05, 0) is 24.3 Å². The number of para-hydroxylation sites is 1. The third kappa shape index (κ3) is 2.72. The molecule has 1 aromatic carbocycles. The summed E-state index contributed by atoms with van der Waals surface area (Å²) in [6.07, 6.45) is -3.18. The molecular weight excluding hydrogens is 283 g/mol. The summed E-state index contributed by atoms with van der Waals surface area (Å²) in [4.78, 5) is 13.3. The number of aromatic nitrogens is 1. The monoisotopic (exact) mass is 297 g/mol. The topological polar surface area (TPSA) is 51.3 Å². The fourth-order valence-corrected chi connectivity index (χ4v) is 2.04. The minimum Gasteiger partial charge on any atom is -0.397 e. The molecule has 7 heteroatoms. The molecule has 0 spiro atoms. The molecule has 4 nitrogen and oxygen atoms in total. The van der Waals surface area contributed by atoms with Crippen LogP contribution >= 0.6 is 0 Å². The van der Waals surface area contributed by atoms with Crippen molar-refractivity contribution in [1.82, 2.24) is 9.47 Å². The highest BCUT2D eigenvalue weighted by molar-refractivity contribution is 5.93. The van der Waals surface area contributed by atoms with E-state index >= 15 is 0 Å². The van der Waals surface area contributed by atoms with Crippen molar-refractivity contribution in [2.75, 3.05) is 19.8 Å². The summed E-state index contributed by atoms with van der Waals surface area (Å²) in [5.41, 5.74) is 4.66. The van der Waals surface area contributed by atoms with Crippen LogP contribution in [0.1, 0.15) is 16.1 Å². The molecule has 0 aliphatic rings. The summed E-state index contributed by atoms with van der Waals surface area (Å²) >= 11 is 0. The van der Waals surface area contributed by atoms with Crippen LogP contribution in [-0.2, 0) is 6.18 Å². The molecule has 2 aromatic rings. The lowest BCUT2D eigenvalue weighted by atomic mass is 10.1. The Labute approximate surface area is 119 Å². The molecule has 1 heterocycles. The van der Waals surface area contributed by atoms with Crippen LogP contribution in [0.25, 0.3) is 5.69 Å². The molecule has 0 unspecified atom stereocenters. The first-order valence-electron chi connectivity index (χ1n) is 6.08. The van der Waals surface area contributed by atoms with Crippen molar-refractivity contribution in [3.05, 3.63) is 47.8 Å². The summed E-state index contributed by atoms with van der Waals surface area (Å²) in [6, 6.07) is 6.50. The predicted octanol–water partition coefficient (Wildman–Crippen LogP) is 2.78. The Bertz CT molecular complexity index is 674. The molecule has 112 valence electrons. The molecule has 0 radical (unpaired) electrons. The third-order valence-electron chi connectivity index (χ3n) is 2.99. The van der Waals surface area contributed by atoms with Gasteiger partial charge in [0.1, 0.15) is 5.69 Å². The van der Waals surface area contributed by atoms with E-state index in [2.05, 4.69) is 0 Å². The van der Waals surface area contributed by atoms with Crippen molar-refractivity contribution >= 4 is 11.6 Å². The van der Waals surface area contributed by atoms with Crippen LogP contribution in [0.15, 0.2) is 36.5 Å². The van der Waals surface area contributed by atoms with E-state index in [1.807, 2.05) is 0 Å². The molecular formula is C14H14F3N3O. The fourth-order valence-electron chi connectivity index (χ4n) is 2.04. The van der Waals surface area contributed by atoms with Gasteiger partial charge in [0.15, 0.2) is 0 Å². The first kappa shape index (κ1) is 15.0. The Balaban J connectivity index is 2.69. The van der Waals surface area contributed by atoms with Crippen molar-refractivity contribution in [1.29, 1.82) is 0 Å². The Morgan fingerprint density at radius 2 is 1.86 bits per heavy atom. The molecule has 0 atom stereocenters. The van der Waals surface area contributed by atoms with Crippen LogP contribution in [0.2, 0.25) is 0 Å². The predicted molar refractivity (Wildman–Crippen MR) is 73.2 cm³/mol. The Hall–Kier alpha value is -2.44. The molecule has 2 N–H and O–H groups in total. The average molecular weight is 297 g/mol. The van der Waals surface area contributed by atoms with Gasteiger partial charge in [-0.1, -0.05) is 6.07 Å². The van der Waals surface area contributed by atoms with Crippen LogP contribution in [0.4, 0.5) is 18.9 Å². The molecule has 0 aliphatic heterocycles. The fraction of sp³-hybridized carbons (Fsp3) is 0.214. The molecule has 0 saturated carbocycles. The number of alkyl halides is 3. The zero-order valence-electron chi connectivity index (χ0n) is 11.5. The summed E-state index contributed by atoms with van der Waals surface area (Å²) in [7, 11) is 3.05. The van der Waals surface area contributed by atoms with E-state index in [1.54, 1.807) is 0 Å². The normalized spacial score (nSPS) is 11.5. The van der Waals surface area contributed by atoms with Crippen LogP contribution in [0.3, 0.4) is 0 Å². The quantitative estimate of drug-likeness (QED) is 0.867. The van der Waals surface area contributed by atoms with E-state index in [0.717, 1.165) is 6.07 Å². The molecule has 21 heavy (non-hydrogen) atoms. The van der Waals surface area contributed by atoms with E-state index in [9.17, 15) is 18.0 Å². The van der Waals surface area contributed by atoms with Crippen molar-refractivity contribution in [3.63, 3.8) is 0 Å². The number of nitrogens with two attached hydrogens (primary N) is 1. The molecule has 2 rings (SSSR count). The number of anilines is 1. The van der Waals surface area contributed by atoms with E-state index in [-0.39, 0.29) is 17.1 Å². The number of benzene rings is 1. The number of halogens is 3. The number of rotatable bonds is 2. The molecule has 0 saturated heterocycles. The van der Waals surface area contributed by atoms with Gasteiger partial charge in [-0.2, -0.15) is 13.2 Å². The maximum Gasteiger partial charge on any atom is 0.418 e. The Morgan fingerprint density at radius 1 is 1.19 bits per heavy atom. The second-order valence-electron chi connectivity index (χ2n) is 4.70. The smallest absolute Gasteiger partial charge is 0.397 e. The number of nitrogens with zero attached hydrogens (tertiary/aromatic N) is 2. The van der Waals surface area contributed by atoms with Gasteiger partial charge in [0.25, 0.3) is 5.91 Å². The lowest BCUT2D eigenvalue weighted by molar-refractivity contribution is -0.137. The lowest BCUT2D eigenvalue weighted by Gasteiger charge is -2.19. The van der Waals surface area contributed by atoms with Crippen molar-refractivity contribution in [2.24, 2.45) is 0 Å². The summed E-state index contributed by atoms with van der Waals surface area (Å²) in [5.74, 6) is -0.406. The molecule has 0 aliphatic carbocycles. The average Bonchev–Trinajstić information content (AvgIpc) is 2.85. The van der Waals surface area contributed by atoms with Gasteiger partial charge in [0.2, 0.25) is 0 Å². The van der Waals surface area contributed by atoms with Crippen LogP contribution in [0, 0.1) is 0 Å². The van der Waals surface area contributed by atoms with Crippen LogP contribution in [-0.4, -0.2) is 29.5 Å². The highest BCUT2D eigenvalue weighted by Crippen LogP contribution is 2.37. The number of hydrogen-bond donors (Lipinski definition) is 1. The van der Waals surface area contributed by atoms with Crippen molar-refractivity contribution in [3.8, 4) is 5.69 Å². The third-order valence-corrected chi connectivity index (χ3v) is 2.99. The minimum absolute atomic E-state index is 0.0474.